The van der Waals surface area contributed by atoms with E-state index in [0.29, 0.717) is 18.0 Å². The molecule has 1 N–H and O–H groups in total. The second kappa shape index (κ2) is 8.54. The van der Waals surface area contributed by atoms with E-state index >= 15 is 0 Å². The molecule has 0 heterocycles. The van der Waals surface area contributed by atoms with Crippen molar-refractivity contribution in [1.29, 1.82) is 0 Å². The molecular formula is C21H18BrNO3. The lowest BCUT2D eigenvalue weighted by Crippen LogP contribution is -2.20. The third-order valence-corrected chi connectivity index (χ3v) is 4.51. The zero-order valence-corrected chi connectivity index (χ0v) is 15.7. The topological polar surface area (TPSA) is 47.6 Å². The molecule has 0 spiro atoms. The first-order chi connectivity index (χ1) is 12.7. The predicted molar refractivity (Wildman–Crippen MR) is 108 cm³/mol. The first-order valence-corrected chi connectivity index (χ1v) is 8.90. The van der Waals surface area contributed by atoms with Crippen molar-refractivity contribution in [3.05, 3.63) is 77.8 Å². The van der Waals surface area contributed by atoms with Crippen LogP contribution >= 0.6 is 15.9 Å². The van der Waals surface area contributed by atoms with Crippen LogP contribution in [-0.4, -0.2) is 19.1 Å². The molecule has 0 aliphatic carbocycles. The molecule has 0 fully saturated rings. The van der Waals surface area contributed by atoms with Crippen molar-refractivity contribution in [3.63, 3.8) is 0 Å². The van der Waals surface area contributed by atoms with Crippen molar-refractivity contribution in [2.45, 2.75) is 0 Å². The Kier molecular flexibility index (Phi) is 5.92. The van der Waals surface area contributed by atoms with E-state index in [-0.39, 0.29) is 12.5 Å². The van der Waals surface area contributed by atoms with Crippen LogP contribution in [0.4, 0.5) is 5.69 Å². The number of carbonyl (C=O) groups excluding carboxylic acids is 1. The number of rotatable bonds is 7. The normalized spacial score (nSPS) is 10.3. The minimum absolute atomic E-state index is 0.0777. The van der Waals surface area contributed by atoms with E-state index in [1.54, 1.807) is 30.3 Å². The van der Waals surface area contributed by atoms with Gasteiger partial charge in [0, 0.05) is 5.69 Å². The minimum atomic E-state index is -0.232. The molecule has 0 aliphatic rings. The lowest BCUT2D eigenvalue weighted by Gasteiger charge is -2.11. The summed E-state index contributed by atoms with van der Waals surface area (Å²) in [6.07, 6.45) is 1.68. The maximum absolute atomic E-state index is 12.1. The van der Waals surface area contributed by atoms with Crippen LogP contribution in [0.1, 0.15) is 0 Å². The molecular weight excluding hydrogens is 394 g/mol. The van der Waals surface area contributed by atoms with Crippen LogP contribution in [0.2, 0.25) is 0 Å². The third kappa shape index (κ3) is 4.43. The van der Waals surface area contributed by atoms with Crippen LogP contribution in [0.25, 0.3) is 10.8 Å². The third-order valence-electron chi connectivity index (χ3n) is 3.69. The maximum Gasteiger partial charge on any atom is 0.262 e. The monoisotopic (exact) mass is 411 g/mol. The summed E-state index contributed by atoms with van der Waals surface area (Å²) in [5.41, 5.74) is 0.683. The Labute approximate surface area is 160 Å². The van der Waals surface area contributed by atoms with Gasteiger partial charge < -0.3 is 14.8 Å². The highest BCUT2D eigenvalue weighted by Gasteiger charge is 2.09. The Balaban J connectivity index is 1.59. The average Bonchev–Trinajstić information content (AvgIpc) is 2.67. The highest BCUT2D eigenvalue weighted by atomic mass is 79.9. The molecule has 5 heteroatoms. The van der Waals surface area contributed by atoms with Gasteiger partial charge in [0.25, 0.3) is 5.91 Å². The predicted octanol–water partition coefficient (Wildman–Crippen LogP) is 5.18. The number of benzene rings is 3. The van der Waals surface area contributed by atoms with Crippen molar-refractivity contribution in [2.24, 2.45) is 0 Å². The first-order valence-electron chi connectivity index (χ1n) is 8.11. The number of anilines is 1. The van der Waals surface area contributed by atoms with E-state index in [2.05, 4.69) is 27.8 Å². The molecule has 1 amide bonds. The van der Waals surface area contributed by atoms with Gasteiger partial charge in [-0.1, -0.05) is 43.0 Å². The molecule has 3 rings (SSSR count). The van der Waals surface area contributed by atoms with Crippen molar-refractivity contribution >= 4 is 38.3 Å². The van der Waals surface area contributed by atoms with Gasteiger partial charge >= 0.3 is 0 Å². The number of halogens is 1. The summed E-state index contributed by atoms with van der Waals surface area (Å²) in [6.45, 7) is 3.97. The van der Waals surface area contributed by atoms with Gasteiger partial charge in [-0.15, -0.1) is 0 Å². The first kappa shape index (κ1) is 18.0. The zero-order chi connectivity index (χ0) is 18.4. The van der Waals surface area contributed by atoms with Crippen LogP contribution in [-0.2, 0) is 4.79 Å². The minimum Gasteiger partial charge on any atom is -0.490 e. The van der Waals surface area contributed by atoms with Gasteiger partial charge in [0.2, 0.25) is 0 Å². The molecule has 3 aromatic carbocycles. The fraction of sp³-hybridized carbons (Fsp3) is 0.0952. The number of amides is 1. The Morgan fingerprint density at radius 3 is 2.58 bits per heavy atom. The molecule has 0 aromatic heterocycles. The number of fused-ring (bicyclic) bond motifs is 1. The summed E-state index contributed by atoms with van der Waals surface area (Å²) in [5.74, 6) is 1.12. The second-order valence-electron chi connectivity index (χ2n) is 5.56. The molecule has 0 bridgehead atoms. The number of carbonyl (C=O) groups is 1. The van der Waals surface area contributed by atoms with Crippen LogP contribution in [0.5, 0.6) is 11.5 Å². The van der Waals surface area contributed by atoms with Gasteiger partial charge in [-0.3, -0.25) is 4.79 Å². The van der Waals surface area contributed by atoms with Gasteiger partial charge in [0.05, 0.1) is 4.47 Å². The molecule has 26 heavy (non-hydrogen) atoms. The van der Waals surface area contributed by atoms with Crippen molar-refractivity contribution in [2.75, 3.05) is 18.5 Å². The lowest BCUT2D eigenvalue weighted by atomic mass is 10.1. The van der Waals surface area contributed by atoms with E-state index in [9.17, 15) is 4.79 Å². The largest absolute Gasteiger partial charge is 0.490 e. The highest BCUT2D eigenvalue weighted by Crippen LogP contribution is 2.33. The zero-order valence-electron chi connectivity index (χ0n) is 14.1. The number of hydrogen-bond donors (Lipinski definition) is 1. The molecule has 0 saturated carbocycles. The molecule has 132 valence electrons. The Bertz CT molecular complexity index is 922. The van der Waals surface area contributed by atoms with Gasteiger partial charge in [0.1, 0.15) is 18.1 Å². The summed E-state index contributed by atoms with van der Waals surface area (Å²) in [4.78, 5) is 12.1. The van der Waals surface area contributed by atoms with E-state index < -0.39 is 0 Å². The maximum atomic E-state index is 12.1. The molecule has 0 radical (unpaired) electrons. The smallest absolute Gasteiger partial charge is 0.262 e. The summed E-state index contributed by atoms with van der Waals surface area (Å²) < 4.78 is 11.9. The number of ether oxygens (including phenoxy) is 2. The van der Waals surface area contributed by atoms with Crippen LogP contribution in [0.15, 0.2) is 77.8 Å². The Hall–Kier alpha value is -2.79. The van der Waals surface area contributed by atoms with E-state index in [0.717, 1.165) is 21.0 Å². The molecule has 3 aromatic rings. The van der Waals surface area contributed by atoms with E-state index in [4.69, 9.17) is 9.47 Å². The van der Waals surface area contributed by atoms with E-state index in [1.165, 1.54) is 0 Å². The molecule has 4 nitrogen and oxygen atoms in total. The summed E-state index contributed by atoms with van der Waals surface area (Å²) in [6, 6.07) is 18.9. The summed E-state index contributed by atoms with van der Waals surface area (Å²) in [5, 5.41) is 4.95. The molecule has 0 aliphatic heterocycles. The van der Waals surface area contributed by atoms with Gasteiger partial charge in [0.15, 0.2) is 6.61 Å². The Morgan fingerprint density at radius 1 is 1.04 bits per heavy atom. The van der Waals surface area contributed by atoms with Crippen molar-refractivity contribution < 1.29 is 14.3 Å². The summed E-state index contributed by atoms with van der Waals surface area (Å²) in [7, 11) is 0. The van der Waals surface area contributed by atoms with Crippen LogP contribution in [0.3, 0.4) is 0 Å². The quantitative estimate of drug-likeness (QED) is 0.544. The van der Waals surface area contributed by atoms with Crippen molar-refractivity contribution in [1.82, 2.24) is 0 Å². The highest BCUT2D eigenvalue weighted by molar-refractivity contribution is 9.10. The standard InChI is InChI=1S/C21H18BrNO3/c1-2-13-25-17-10-8-16(9-11-17)23-20(24)14-26-19-12-7-15-5-3-4-6-18(15)21(19)22/h2-12H,1,13-14H2,(H,23,24). The van der Waals surface area contributed by atoms with Gasteiger partial charge in [-0.2, -0.15) is 0 Å². The van der Waals surface area contributed by atoms with Gasteiger partial charge in [-0.05, 0) is 57.0 Å². The van der Waals surface area contributed by atoms with E-state index in [1.807, 2.05) is 36.4 Å². The fourth-order valence-corrected chi connectivity index (χ4v) is 3.06. The lowest BCUT2D eigenvalue weighted by molar-refractivity contribution is -0.118. The summed E-state index contributed by atoms with van der Waals surface area (Å²) >= 11 is 3.55. The second-order valence-corrected chi connectivity index (χ2v) is 6.35. The SMILES string of the molecule is C=CCOc1ccc(NC(=O)COc2ccc3ccccc3c2Br)cc1. The molecule has 0 unspecified atom stereocenters. The Morgan fingerprint density at radius 2 is 1.81 bits per heavy atom. The molecule has 0 atom stereocenters. The molecule has 0 saturated heterocycles. The van der Waals surface area contributed by atoms with Crippen LogP contribution in [0, 0.1) is 0 Å². The number of nitrogens with one attached hydrogen (secondary N) is 1. The average molecular weight is 412 g/mol. The van der Waals surface area contributed by atoms with Crippen LogP contribution < -0.4 is 14.8 Å². The fourth-order valence-electron chi connectivity index (χ4n) is 2.46. The number of hydrogen-bond acceptors (Lipinski definition) is 3. The van der Waals surface area contributed by atoms with Gasteiger partial charge in [-0.25, -0.2) is 0 Å². The van der Waals surface area contributed by atoms with Crippen molar-refractivity contribution in [3.8, 4) is 11.5 Å².